The van der Waals surface area contributed by atoms with E-state index >= 15 is 0 Å². The smallest absolute Gasteiger partial charge is 0.414 e. The fourth-order valence-corrected chi connectivity index (χ4v) is 4.02. The number of hydrogen-bond donors (Lipinski definition) is 0. The van der Waals surface area contributed by atoms with Crippen molar-refractivity contribution in [2.45, 2.75) is 11.3 Å². The Morgan fingerprint density at radius 3 is 2.67 bits per heavy atom. The van der Waals surface area contributed by atoms with E-state index in [1.165, 1.54) is 11.8 Å². The van der Waals surface area contributed by atoms with Crippen LogP contribution in [0.1, 0.15) is 0 Å². The highest BCUT2D eigenvalue weighted by molar-refractivity contribution is 7.99. The number of nitrogens with zero attached hydrogens (tertiary/aromatic N) is 4. The molecule has 0 radical (unpaired) electrons. The average Bonchev–Trinajstić information content (AvgIpc) is 3.24. The Morgan fingerprint density at radius 2 is 1.89 bits per heavy atom. The van der Waals surface area contributed by atoms with Gasteiger partial charge in [0.05, 0.1) is 11.6 Å². The zero-order valence-corrected chi connectivity index (χ0v) is 16.2. The Bertz CT molecular complexity index is 963. The van der Waals surface area contributed by atoms with Gasteiger partial charge >= 0.3 is 6.09 Å². The summed E-state index contributed by atoms with van der Waals surface area (Å²) in [7, 11) is 1.90. The van der Waals surface area contributed by atoms with Crippen molar-refractivity contribution in [1.29, 1.82) is 0 Å². The van der Waals surface area contributed by atoms with Crippen molar-refractivity contribution >= 4 is 35.1 Å². The van der Waals surface area contributed by atoms with Gasteiger partial charge in [-0.15, -0.1) is 10.2 Å². The quantitative estimate of drug-likeness (QED) is 0.599. The lowest BCUT2D eigenvalue weighted by molar-refractivity contribution is 0.151. The molecule has 2 heterocycles. The Labute approximate surface area is 166 Å². The van der Waals surface area contributed by atoms with E-state index < -0.39 is 0 Å². The standard InChI is InChI=1S/C19H17ClN4O2S/c1-23-17(15-9-5-6-10-16(15)20)21-22-18(23)27-12-14-11-24(19(25)26-14)13-7-3-2-4-8-13/h2-10,14H,11-12H2,1H3. The Balaban J connectivity index is 1.43. The van der Waals surface area contributed by atoms with Crippen LogP contribution < -0.4 is 4.90 Å². The van der Waals surface area contributed by atoms with Crippen LogP contribution in [0.2, 0.25) is 5.02 Å². The van der Waals surface area contributed by atoms with Crippen molar-refractivity contribution < 1.29 is 9.53 Å². The van der Waals surface area contributed by atoms with Gasteiger partial charge in [-0.2, -0.15) is 0 Å². The molecule has 3 aromatic rings. The number of amides is 1. The van der Waals surface area contributed by atoms with Gasteiger partial charge in [-0.25, -0.2) is 4.79 Å². The molecule has 138 valence electrons. The topological polar surface area (TPSA) is 60.2 Å². The molecular weight excluding hydrogens is 384 g/mol. The number of carbonyl (C=O) groups is 1. The van der Waals surface area contributed by atoms with Crippen LogP contribution in [0.3, 0.4) is 0 Å². The molecule has 0 spiro atoms. The number of aromatic nitrogens is 3. The van der Waals surface area contributed by atoms with Crippen LogP contribution in [-0.4, -0.2) is 39.3 Å². The number of halogens is 1. The van der Waals surface area contributed by atoms with E-state index in [1.807, 2.05) is 66.2 Å². The molecule has 1 aliphatic heterocycles. The maximum absolute atomic E-state index is 12.1. The summed E-state index contributed by atoms with van der Waals surface area (Å²) in [5.74, 6) is 1.31. The van der Waals surface area contributed by atoms with E-state index in [1.54, 1.807) is 4.90 Å². The van der Waals surface area contributed by atoms with E-state index in [2.05, 4.69) is 10.2 Å². The first-order valence-corrected chi connectivity index (χ1v) is 9.80. The second kappa shape index (κ2) is 7.62. The summed E-state index contributed by atoms with van der Waals surface area (Å²) >= 11 is 7.77. The molecule has 1 fully saturated rings. The number of carbonyl (C=O) groups excluding carboxylic acids is 1. The molecule has 1 atom stereocenters. The highest BCUT2D eigenvalue weighted by Crippen LogP contribution is 2.29. The Kier molecular flexibility index (Phi) is 5.05. The van der Waals surface area contributed by atoms with Crippen LogP contribution >= 0.6 is 23.4 Å². The SMILES string of the molecule is Cn1c(SCC2CN(c3ccccc3)C(=O)O2)nnc1-c1ccccc1Cl. The first-order chi connectivity index (χ1) is 13.1. The van der Waals surface area contributed by atoms with Gasteiger partial charge in [0, 0.05) is 24.1 Å². The van der Waals surface area contributed by atoms with Crippen molar-refractivity contribution in [3.05, 3.63) is 59.6 Å². The van der Waals surface area contributed by atoms with Crippen LogP contribution in [0.4, 0.5) is 10.5 Å². The van der Waals surface area contributed by atoms with Gasteiger partial charge in [0.15, 0.2) is 11.0 Å². The number of hydrogen-bond acceptors (Lipinski definition) is 5. The first kappa shape index (κ1) is 17.9. The summed E-state index contributed by atoms with van der Waals surface area (Å²) in [6.45, 7) is 0.519. The van der Waals surface area contributed by atoms with Crippen molar-refractivity contribution in [2.24, 2.45) is 7.05 Å². The van der Waals surface area contributed by atoms with E-state index in [4.69, 9.17) is 16.3 Å². The highest BCUT2D eigenvalue weighted by Gasteiger charge is 2.32. The molecule has 1 amide bonds. The molecule has 27 heavy (non-hydrogen) atoms. The normalized spacial score (nSPS) is 16.6. The molecule has 1 saturated heterocycles. The van der Waals surface area contributed by atoms with Crippen LogP contribution in [0.15, 0.2) is 59.8 Å². The lowest BCUT2D eigenvalue weighted by Crippen LogP contribution is -2.24. The van der Waals surface area contributed by atoms with E-state index in [9.17, 15) is 4.79 Å². The molecule has 6 nitrogen and oxygen atoms in total. The maximum atomic E-state index is 12.1. The number of para-hydroxylation sites is 1. The third kappa shape index (κ3) is 3.65. The molecule has 1 aliphatic rings. The van der Waals surface area contributed by atoms with Gasteiger partial charge in [0.2, 0.25) is 0 Å². The Hall–Kier alpha value is -2.51. The van der Waals surface area contributed by atoms with Crippen LogP contribution in [0.25, 0.3) is 11.4 Å². The van der Waals surface area contributed by atoms with E-state index in [-0.39, 0.29) is 12.2 Å². The van der Waals surface area contributed by atoms with Crippen molar-refractivity contribution in [1.82, 2.24) is 14.8 Å². The number of rotatable bonds is 5. The minimum atomic E-state index is -0.318. The first-order valence-electron chi connectivity index (χ1n) is 8.44. The van der Waals surface area contributed by atoms with Crippen molar-refractivity contribution in [2.75, 3.05) is 17.2 Å². The van der Waals surface area contributed by atoms with Gasteiger partial charge in [-0.1, -0.05) is 53.7 Å². The maximum Gasteiger partial charge on any atom is 0.414 e. The Morgan fingerprint density at radius 1 is 1.15 bits per heavy atom. The van der Waals surface area contributed by atoms with E-state index in [0.29, 0.717) is 23.1 Å². The summed E-state index contributed by atoms with van der Waals surface area (Å²) in [6.07, 6.45) is -0.523. The van der Waals surface area contributed by atoms with Crippen LogP contribution in [0.5, 0.6) is 0 Å². The second-order valence-corrected chi connectivity index (χ2v) is 7.50. The summed E-state index contributed by atoms with van der Waals surface area (Å²) in [4.78, 5) is 13.8. The predicted octanol–water partition coefficient (Wildman–Crippen LogP) is 4.25. The zero-order valence-electron chi connectivity index (χ0n) is 14.6. The molecular formula is C19H17ClN4O2S. The number of cyclic esters (lactones) is 1. The third-order valence-corrected chi connectivity index (χ3v) is 5.77. The molecule has 0 aliphatic carbocycles. The largest absolute Gasteiger partial charge is 0.443 e. The molecule has 0 N–H and O–H groups in total. The number of anilines is 1. The van der Waals surface area contributed by atoms with Crippen molar-refractivity contribution in [3.8, 4) is 11.4 Å². The highest BCUT2D eigenvalue weighted by atomic mass is 35.5. The fraction of sp³-hybridized carbons (Fsp3) is 0.211. The average molecular weight is 401 g/mol. The molecule has 1 aromatic heterocycles. The predicted molar refractivity (Wildman–Crippen MR) is 106 cm³/mol. The molecule has 4 rings (SSSR count). The third-order valence-electron chi connectivity index (χ3n) is 4.29. The van der Waals surface area contributed by atoms with Gasteiger partial charge in [-0.05, 0) is 24.3 Å². The molecule has 0 bridgehead atoms. The van der Waals surface area contributed by atoms with Crippen LogP contribution in [0, 0.1) is 0 Å². The second-order valence-electron chi connectivity index (χ2n) is 6.11. The lowest BCUT2D eigenvalue weighted by atomic mass is 10.2. The minimum absolute atomic E-state index is 0.205. The van der Waals surface area contributed by atoms with Gasteiger partial charge in [-0.3, -0.25) is 4.90 Å². The molecule has 0 saturated carbocycles. The lowest BCUT2D eigenvalue weighted by Gasteiger charge is -2.12. The van der Waals surface area contributed by atoms with Gasteiger partial charge in [0.1, 0.15) is 6.10 Å². The summed E-state index contributed by atoms with van der Waals surface area (Å²) in [6, 6.07) is 17.1. The summed E-state index contributed by atoms with van der Waals surface area (Å²) in [5, 5.41) is 9.89. The molecule has 8 heteroatoms. The number of thioether (sulfide) groups is 1. The minimum Gasteiger partial charge on any atom is -0.443 e. The summed E-state index contributed by atoms with van der Waals surface area (Å²) < 4.78 is 7.39. The zero-order chi connectivity index (χ0) is 18.8. The monoisotopic (exact) mass is 400 g/mol. The van der Waals surface area contributed by atoms with E-state index in [0.717, 1.165) is 16.4 Å². The number of ether oxygens (including phenoxy) is 1. The fourth-order valence-electron chi connectivity index (χ4n) is 2.91. The van der Waals surface area contributed by atoms with Crippen molar-refractivity contribution in [3.63, 3.8) is 0 Å². The molecule has 1 unspecified atom stereocenters. The van der Waals surface area contributed by atoms with Gasteiger partial charge < -0.3 is 9.30 Å². The van der Waals surface area contributed by atoms with Gasteiger partial charge in [0.25, 0.3) is 0 Å². The van der Waals surface area contributed by atoms with Crippen LogP contribution in [-0.2, 0) is 11.8 Å². The number of benzene rings is 2. The summed E-state index contributed by atoms with van der Waals surface area (Å²) in [5.41, 5.74) is 1.68. The molecule has 2 aromatic carbocycles.